The minimum Gasteiger partial charge on any atom is -0.346 e. The molecule has 1 aliphatic heterocycles. The summed E-state index contributed by atoms with van der Waals surface area (Å²) in [6.45, 7) is 9.87. The number of hydrogen-bond donors (Lipinski definition) is 1. The van der Waals surface area contributed by atoms with Gasteiger partial charge in [-0.1, -0.05) is 0 Å². The smallest absolute Gasteiger partial charge is 0.238 e. The molecule has 1 amide bonds. The Kier molecular flexibility index (Phi) is 4.86. The summed E-state index contributed by atoms with van der Waals surface area (Å²) in [5.74, 6) is 0.0211. The number of anilines is 2. The van der Waals surface area contributed by atoms with Gasteiger partial charge in [0.2, 0.25) is 5.91 Å². The van der Waals surface area contributed by atoms with Gasteiger partial charge in [-0.25, -0.2) is 4.98 Å². The number of carbonyl (C=O) groups excluding carboxylic acids is 1. The van der Waals surface area contributed by atoms with Crippen molar-refractivity contribution in [3.05, 3.63) is 22.5 Å². The first-order valence-corrected chi connectivity index (χ1v) is 9.01. The average molecular weight is 348 g/mol. The van der Waals surface area contributed by atoms with Crippen LogP contribution in [0.4, 0.5) is 10.8 Å². The predicted molar refractivity (Wildman–Crippen MR) is 96.8 cm³/mol. The third kappa shape index (κ3) is 3.59. The van der Waals surface area contributed by atoms with E-state index in [4.69, 9.17) is 0 Å². The SMILES string of the molecule is Cc1csc(N2CCN(CC(=O)Nc3c(C)nn(C)c3C)CC2)n1. The minimum atomic E-state index is 0.0211. The highest BCUT2D eigenvalue weighted by Gasteiger charge is 2.21. The summed E-state index contributed by atoms with van der Waals surface area (Å²) in [4.78, 5) is 21.4. The predicted octanol–water partition coefficient (Wildman–Crippen LogP) is 1.56. The number of nitrogens with zero attached hydrogens (tertiary/aromatic N) is 5. The van der Waals surface area contributed by atoms with E-state index in [0.717, 1.165) is 54.1 Å². The fourth-order valence-corrected chi connectivity index (χ4v) is 3.78. The standard InChI is InChI=1S/C16H24N6OS/c1-11-10-24-16(17-11)22-7-5-21(6-8-22)9-14(23)18-15-12(2)19-20(4)13(15)3/h10H,5-9H2,1-4H3,(H,18,23). The van der Waals surface area contributed by atoms with Crippen LogP contribution in [0.5, 0.6) is 0 Å². The Balaban J connectivity index is 1.51. The van der Waals surface area contributed by atoms with Crippen molar-refractivity contribution in [1.29, 1.82) is 0 Å². The first kappa shape index (κ1) is 16.9. The fraction of sp³-hybridized carbons (Fsp3) is 0.562. The van der Waals surface area contributed by atoms with Gasteiger partial charge >= 0.3 is 0 Å². The maximum atomic E-state index is 12.3. The number of rotatable bonds is 4. The number of carbonyl (C=O) groups is 1. The van der Waals surface area contributed by atoms with Crippen molar-refractivity contribution < 1.29 is 4.79 Å². The van der Waals surface area contributed by atoms with Gasteiger partial charge in [0.05, 0.1) is 29.3 Å². The van der Waals surface area contributed by atoms with Gasteiger partial charge in [0.15, 0.2) is 5.13 Å². The summed E-state index contributed by atoms with van der Waals surface area (Å²) < 4.78 is 1.79. The van der Waals surface area contributed by atoms with Crippen molar-refractivity contribution in [2.75, 3.05) is 42.9 Å². The molecule has 1 fully saturated rings. The molecule has 0 aliphatic carbocycles. The molecule has 0 radical (unpaired) electrons. The lowest BCUT2D eigenvalue weighted by atomic mass is 10.3. The van der Waals surface area contributed by atoms with Crippen molar-refractivity contribution in [1.82, 2.24) is 19.7 Å². The zero-order valence-corrected chi connectivity index (χ0v) is 15.5. The van der Waals surface area contributed by atoms with Crippen LogP contribution in [0.25, 0.3) is 0 Å². The zero-order chi connectivity index (χ0) is 17.3. The van der Waals surface area contributed by atoms with Gasteiger partial charge in [0.1, 0.15) is 0 Å². The molecule has 3 rings (SSSR count). The molecule has 0 spiro atoms. The van der Waals surface area contributed by atoms with Gasteiger partial charge in [0.25, 0.3) is 0 Å². The van der Waals surface area contributed by atoms with Crippen LogP contribution >= 0.6 is 11.3 Å². The van der Waals surface area contributed by atoms with E-state index in [1.54, 1.807) is 16.0 Å². The van der Waals surface area contributed by atoms with Crippen molar-refractivity contribution in [3.63, 3.8) is 0 Å². The van der Waals surface area contributed by atoms with Crippen molar-refractivity contribution >= 4 is 28.1 Å². The molecule has 7 nitrogen and oxygen atoms in total. The monoisotopic (exact) mass is 348 g/mol. The Labute approximate surface area is 146 Å². The van der Waals surface area contributed by atoms with Gasteiger partial charge in [-0.2, -0.15) is 5.10 Å². The summed E-state index contributed by atoms with van der Waals surface area (Å²) in [5, 5.41) is 10.5. The number of piperazine rings is 1. The van der Waals surface area contributed by atoms with E-state index in [-0.39, 0.29) is 5.91 Å². The summed E-state index contributed by atoms with van der Waals surface area (Å²) in [5.41, 5.74) is 3.73. The number of aryl methyl sites for hydroxylation is 3. The van der Waals surface area contributed by atoms with E-state index in [1.807, 2.05) is 27.8 Å². The van der Waals surface area contributed by atoms with Crippen LogP contribution < -0.4 is 10.2 Å². The fourth-order valence-electron chi connectivity index (χ4n) is 2.92. The molecule has 0 unspecified atom stereocenters. The van der Waals surface area contributed by atoms with Gasteiger partial charge < -0.3 is 10.2 Å². The molecule has 2 aromatic heterocycles. The second-order valence-corrected chi connectivity index (χ2v) is 7.09. The minimum absolute atomic E-state index is 0.0211. The Morgan fingerprint density at radius 3 is 2.50 bits per heavy atom. The van der Waals surface area contributed by atoms with Gasteiger partial charge in [-0.05, 0) is 20.8 Å². The number of nitrogens with one attached hydrogen (secondary N) is 1. The van der Waals surface area contributed by atoms with Gasteiger partial charge in [0, 0.05) is 38.6 Å². The molecule has 130 valence electrons. The molecule has 2 aromatic rings. The summed E-state index contributed by atoms with van der Waals surface area (Å²) in [7, 11) is 1.89. The van der Waals surface area contributed by atoms with Crippen LogP contribution in [0.3, 0.4) is 0 Å². The molecular formula is C16H24N6OS. The molecular weight excluding hydrogens is 324 g/mol. The number of thiazole rings is 1. The second kappa shape index (κ2) is 6.90. The van der Waals surface area contributed by atoms with Gasteiger partial charge in [-0.3, -0.25) is 14.4 Å². The summed E-state index contributed by atoms with van der Waals surface area (Å²) >= 11 is 1.69. The maximum Gasteiger partial charge on any atom is 0.238 e. The number of hydrogen-bond acceptors (Lipinski definition) is 6. The van der Waals surface area contributed by atoms with E-state index in [9.17, 15) is 4.79 Å². The molecule has 1 aliphatic rings. The Bertz CT molecular complexity index is 729. The molecule has 24 heavy (non-hydrogen) atoms. The van der Waals surface area contributed by atoms with Crippen LogP contribution in [0.2, 0.25) is 0 Å². The molecule has 0 bridgehead atoms. The first-order chi connectivity index (χ1) is 11.4. The van der Waals surface area contributed by atoms with E-state index < -0.39 is 0 Å². The molecule has 0 saturated carbocycles. The first-order valence-electron chi connectivity index (χ1n) is 8.13. The second-order valence-electron chi connectivity index (χ2n) is 6.25. The topological polar surface area (TPSA) is 66.3 Å². The highest BCUT2D eigenvalue weighted by Crippen LogP contribution is 2.21. The average Bonchev–Trinajstić information content (AvgIpc) is 3.07. The molecule has 8 heteroatoms. The molecule has 1 N–H and O–H groups in total. The largest absolute Gasteiger partial charge is 0.346 e. The van der Waals surface area contributed by atoms with Crippen LogP contribution in [-0.2, 0) is 11.8 Å². The molecule has 0 atom stereocenters. The van der Waals surface area contributed by atoms with Gasteiger partial charge in [-0.15, -0.1) is 11.3 Å². The lowest BCUT2D eigenvalue weighted by Gasteiger charge is -2.34. The van der Waals surface area contributed by atoms with Crippen LogP contribution in [0.1, 0.15) is 17.1 Å². The lowest BCUT2D eigenvalue weighted by Crippen LogP contribution is -2.48. The van der Waals surface area contributed by atoms with Crippen molar-refractivity contribution in [3.8, 4) is 0 Å². The summed E-state index contributed by atoms with van der Waals surface area (Å²) in [6.07, 6.45) is 0. The summed E-state index contributed by atoms with van der Waals surface area (Å²) in [6, 6.07) is 0. The van der Waals surface area contributed by atoms with E-state index in [0.29, 0.717) is 6.54 Å². The Hall–Kier alpha value is -1.93. The molecule has 1 saturated heterocycles. The van der Waals surface area contributed by atoms with Crippen LogP contribution in [-0.4, -0.2) is 58.3 Å². The highest BCUT2D eigenvalue weighted by atomic mass is 32.1. The lowest BCUT2D eigenvalue weighted by molar-refractivity contribution is -0.117. The normalized spacial score (nSPS) is 15.8. The quantitative estimate of drug-likeness (QED) is 0.908. The zero-order valence-electron chi connectivity index (χ0n) is 14.7. The van der Waals surface area contributed by atoms with E-state index in [1.165, 1.54) is 0 Å². The third-order valence-corrected chi connectivity index (χ3v) is 5.41. The molecule has 0 aromatic carbocycles. The van der Waals surface area contributed by atoms with Crippen LogP contribution in [0.15, 0.2) is 5.38 Å². The maximum absolute atomic E-state index is 12.3. The van der Waals surface area contributed by atoms with E-state index in [2.05, 4.69) is 30.6 Å². The highest BCUT2D eigenvalue weighted by molar-refractivity contribution is 7.13. The number of aromatic nitrogens is 3. The van der Waals surface area contributed by atoms with E-state index >= 15 is 0 Å². The van der Waals surface area contributed by atoms with Crippen LogP contribution in [0, 0.1) is 20.8 Å². The Morgan fingerprint density at radius 1 is 1.25 bits per heavy atom. The third-order valence-electron chi connectivity index (χ3n) is 4.39. The molecule has 3 heterocycles. The van der Waals surface area contributed by atoms with Crippen molar-refractivity contribution in [2.45, 2.75) is 20.8 Å². The van der Waals surface area contributed by atoms with Crippen molar-refractivity contribution in [2.24, 2.45) is 7.05 Å². The Morgan fingerprint density at radius 2 is 1.96 bits per heavy atom. The number of amides is 1.